The summed E-state index contributed by atoms with van der Waals surface area (Å²) in [5.74, 6) is -1.73. The molecular weight excluding hydrogens is 307 g/mol. The summed E-state index contributed by atoms with van der Waals surface area (Å²) in [5.41, 5.74) is 5.37. The van der Waals surface area contributed by atoms with Crippen molar-refractivity contribution in [2.45, 2.75) is 6.42 Å². The third kappa shape index (κ3) is 4.74. The molecule has 6 nitrogen and oxygen atoms in total. The van der Waals surface area contributed by atoms with Crippen LogP contribution in [0, 0.1) is 5.82 Å². The van der Waals surface area contributed by atoms with E-state index in [1.54, 1.807) is 0 Å². The number of benzene rings is 1. The van der Waals surface area contributed by atoms with Crippen molar-refractivity contribution in [3.05, 3.63) is 29.6 Å². The van der Waals surface area contributed by atoms with Gasteiger partial charge in [0.15, 0.2) is 0 Å². The minimum atomic E-state index is -3.75. The fraction of sp³-hybridized carbons (Fsp3) is 0.273. The standard InChI is InChI=1S/C11H13FN2O4S2/c1-18-10(15)4-5-20(16,17)14-7-2-3-9(12)8(6-7)11(13)19/h2-3,6,14H,4-5H2,1H3,(H2,13,19). The maximum Gasteiger partial charge on any atom is 0.306 e. The Morgan fingerprint density at radius 1 is 1.50 bits per heavy atom. The minimum Gasteiger partial charge on any atom is -0.469 e. The first kappa shape index (κ1) is 16.3. The fourth-order valence-corrected chi connectivity index (χ4v) is 2.51. The zero-order valence-corrected chi connectivity index (χ0v) is 12.2. The van der Waals surface area contributed by atoms with Crippen molar-refractivity contribution >= 4 is 38.9 Å². The molecule has 0 atom stereocenters. The summed E-state index contributed by atoms with van der Waals surface area (Å²) in [4.78, 5) is 10.7. The van der Waals surface area contributed by atoms with Crippen LogP contribution in [0.2, 0.25) is 0 Å². The first-order valence-corrected chi connectivity index (χ1v) is 7.48. The van der Waals surface area contributed by atoms with Crippen LogP contribution in [0.15, 0.2) is 18.2 Å². The number of ether oxygens (including phenoxy) is 1. The topological polar surface area (TPSA) is 98.5 Å². The second kappa shape index (κ2) is 6.62. The van der Waals surface area contributed by atoms with Crippen molar-refractivity contribution in [3.63, 3.8) is 0 Å². The Hall–Kier alpha value is -1.74. The average Bonchev–Trinajstić information content (AvgIpc) is 2.37. The highest BCUT2D eigenvalue weighted by Gasteiger charge is 2.15. The smallest absolute Gasteiger partial charge is 0.306 e. The lowest BCUT2D eigenvalue weighted by Gasteiger charge is -2.09. The lowest BCUT2D eigenvalue weighted by molar-refractivity contribution is -0.140. The lowest BCUT2D eigenvalue weighted by atomic mass is 10.2. The van der Waals surface area contributed by atoms with Gasteiger partial charge in [-0.15, -0.1) is 0 Å². The molecule has 1 aromatic carbocycles. The van der Waals surface area contributed by atoms with Crippen molar-refractivity contribution in [2.75, 3.05) is 17.6 Å². The molecular formula is C11H13FN2O4S2. The van der Waals surface area contributed by atoms with E-state index in [0.29, 0.717) is 0 Å². The van der Waals surface area contributed by atoms with Gasteiger partial charge in [0, 0.05) is 11.3 Å². The number of anilines is 1. The van der Waals surface area contributed by atoms with Crippen molar-refractivity contribution < 1.29 is 22.3 Å². The number of nitrogens with one attached hydrogen (secondary N) is 1. The zero-order valence-electron chi connectivity index (χ0n) is 10.6. The average molecular weight is 320 g/mol. The van der Waals surface area contributed by atoms with Crippen LogP contribution in [0.5, 0.6) is 0 Å². The van der Waals surface area contributed by atoms with Gasteiger partial charge in [0.25, 0.3) is 0 Å². The Bertz CT molecular complexity index is 631. The van der Waals surface area contributed by atoms with Gasteiger partial charge in [-0.25, -0.2) is 12.8 Å². The van der Waals surface area contributed by atoms with Crippen molar-refractivity contribution in [1.82, 2.24) is 0 Å². The third-order valence-electron chi connectivity index (χ3n) is 2.31. The Morgan fingerprint density at radius 2 is 2.15 bits per heavy atom. The first-order valence-electron chi connectivity index (χ1n) is 5.42. The van der Waals surface area contributed by atoms with E-state index in [2.05, 4.69) is 21.7 Å². The molecule has 0 amide bonds. The van der Waals surface area contributed by atoms with Gasteiger partial charge in [-0.2, -0.15) is 0 Å². The maximum atomic E-state index is 13.3. The van der Waals surface area contributed by atoms with Crippen molar-refractivity contribution in [2.24, 2.45) is 5.73 Å². The largest absolute Gasteiger partial charge is 0.469 e. The molecule has 0 saturated carbocycles. The number of nitrogens with two attached hydrogens (primary N) is 1. The molecule has 1 rings (SSSR count). The number of hydrogen-bond acceptors (Lipinski definition) is 5. The predicted molar refractivity (Wildman–Crippen MR) is 76.3 cm³/mol. The molecule has 0 heterocycles. The van der Waals surface area contributed by atoms with E-state index in [1.165, 1.54) is 12.1 Å². The highest BCUT2D eigenvalue weighted by atomic mass is 32.2. The molecule has 3 N–H and O–H groups in total. The number of carbonyl (C=O) groups is 1. The Labute approximate surface area is 121 Å². The second-order valence-electron chi connectivity index (χ2n) is 3.81. The number of halogens is 1. The molecule has 0 aromatic heterocycles. The normalized spacial score (nSPS) is 10.9. The van der Waals surface area contributed by atoms with Crippen LogP contribution in [0.1, 0.15) is 12.0 Å². The highest BCUT2D eigenvalue weighted by Crippen LogP contribution is 2.16. The summed E-state index contributed by atoms with van der Waals surface area (Å²) in [5, 5.41) is 0. The van der Waals surface area contributed by atoms with Gasteiger partial charge < -0.3 is 10.5 Å². The number of thiocarbonyl (C=S) groups is 1. The minimum absolute atomic E-state index is 0.0619. The van der Waals surface area contributed by atoms with Gasteiger partial charge in [0.05, 0.1) is 19.3 Å². The van der Waals surface area contributed by atoms with Gasteiger partial charge in [-0.1, -0.05) is 12.2 Å². The maximum absolute atomic E-state index is 13.3. The lowest BCUT2D eigenvalue weighted by Crippen LogP contribution is -2.20. The summed E-state index contributed by atoms with van der Waals surface area (Å²) >= 11 is 4.65. The molecule has 9 heteroatoms. The number of methoxy groups -OCH3 is 1. The molecule has 0 bridgehead atoms. The van der Waals surface area contributed by atoms with Crippen LogP contribution < -0.4 is 10.5 Å². The molecule has 1 aromatic rings. The predicted octanol–water partition coefficient (Wildman–Crippen LogP) is 0.765. The summed E-state index contributed by atoms with van der Waals surface area (Å²) in [7, 11) is -2.59. The number of esters is 1. The molecule has 0 saturated heterocycles. The van der Waals surface area contributed by atoms with Gasteiger partial charge in [0.1, 0.15) is 10.8 Å². The van der Waals surface area contributed by atoms with Crippen LogP contribution >= 0.6 is 12.2 Å². The van der Waals surface area contributed by atoms with Crippen molar-refractivity contribution in [1.29, 1.82) is 0 Å². The number of hydrogen-bond donors (Lipinski definition) is 2. The van der Waals surface area contributed by atoms with Gasteiger partial charge in [-0.3, -0.25) is 9.52 Å². The van der Waals surface area contributed by atoms with Gasteiger partial charge in [-0.05, 0) is 18.2 Å². The molecule has 0 unspecified atom stereocenters. The SMILES string of the molecule is COC(=O)CCS(=O)(=O)Nc1ccc(F)c(C(N)=S)c1. The van der Waals surface area contributed by atoms with E-state index in [1.807, 2.05) is 0 Å². The second-order valence-corrected chi connectivity index (χ2v) is 6.09. The highest BCUT2D eigenvalue weighted by molar-refractivity contribution is 7.92. The molecule has 0 aliphatic rings. The van der Waals surface area contributed by atoms with E-state index < -0.39 is 27.6 Å². The van der Waals surface area contributed by atoms with E-state index in [9.17, 15) is 17.6 Å². The van der Waals surface area contributed by atoms with Crippen LogP contribution in [0.25, 0.3) is 0 Å². The fourth-order valence-electron chi connectivity index (χ4n) is 1.33. The molecule has 20 heavy (non-hydrogen) atoms. The number of carbonyl (C=O) groups excluding carboxylic acids is 1. The van der Waals surface area contributed by atoms with E-state index >= 15 is 0 Å². The molecule has 0 aliphatic carbocycles. The quantitative estimate of drug-likeness (QED) is 0.593. The molecule has 0 aliphatic heterocycles. The van der Waals surface area contributed by atoms with Gasteiger partial charge in [0.2, 0.25) is 10.0 Å². The Kier molecular flexibility index (Phi) is 5.40. The summed E-state index contributed by atoms with van der Waals surface area (Å²) < 4.78 is 43.3. The van der Waals surface area contributed by atoms with Gasteiger partial charge >= 0.3 is 5.97 Å². The molecule has 0 fully saturated rings. The third-order valence-corrected chi connectivity index (χ3v) is 3.82. The van der Waals surface area contributed by atoms with E-state index in [4.69, 9.17) is 5.73 Å². The monoisotopic (exact) mass is 320 g/mol. The Balaban J connectivity index is 2.85. The van der Waals surface area contributed by atoms with Crippen LogP contribution in [0.3, 0.4) is 0 Å². The first-order chi connectivity index (χ1) is 9.25. The van der Waals surface area contributed by atoms with Crippen LogP contribution in [0.4, 0.5) is 10.1 Å². The summed E-state index contributed by atoms with van der Waals surface area (Å²) in [6.45, 7) is 0. The van der Waals surface area contributed by atoms with E-state index in [0.717, 1.165) is 13.2 Å². The number of sulfonamides is 1. The molecule has 0 spiro atoms. The van der Waals surface area contributed by atoms with Crippen molar-refractivity contribution in [3.8, 4) is 0 Å². The van der Waals surface area contributed by atoms with Crippen LogP contribution in [-0.4, -0.2) is 32.2 Å². The number of rotatable bonds is 6. The molecule has 0 radical (unpaired) electrons. The zero-order chi connectivity index (χ0) is 15.3. The molecule has 110 valence electrons. The van der Waals surface area contributed by atoms with Crippen LogP contribution in [-0.2, 0) is 19.6 Å². The Morgan fingerprint density at radius 3 is 2.70 bits per heavy atom. The summed E-state index contributed by atoms with van der Waals surface area (Å²) in [6.07, 6.45) is -0.283. The summed E-state index contributed by atoms with van der Waals surface area (Å²) in [6, 6.07) is 3.47. The van der Waals surface area contributed by atoms with E-state index in [-0.39, 0.29) is 22.7 Å².